The Morgan fingerprint density at radius 1 is 1.11 bits per heavy atom. The fourth-order valence-electron chi connectivity index (χ4n) is 2.69. The second-order valence-electron chi connectivity index (χ2n) is 5.32. The molecule has 5 nitrogen and oxygen atoms in total. The third kappa shape index (κ3) is 3.22. The summed E-state index contributed by atoms with van der Waals surface area (Å²) in [5, 5.41) is 3.51. The van der Waals surface area contributed by atoms with Crippen LogP contribution in [-0.2, 0) is 9.47 Å². The van der Waals surface area contributed by atoms with E-state index in [1.165, 1.54) is 0 Å². The second-order valence-corrected chi connectivity index (χ2v) is 5.32. The van der Waals surface area contributed by atoms with Crippen LogP contribution in [0.2, 0.25) is 0 Å². The molecular weight excluding hydrogens is 242 g/mol. The van der Waals surface area contributed by atoms with Crippen LogP contribution in [0.4, 0.5) is 5.82 Å². The van der Waals surface area contributed by atoms with E-state index in [1.54, 1.807) is 0 Å². The third-order valence-corrected chi connectivity index (χ3v) is 3.78. The van der Waals surface area contributed by atoms with Crippen LogP contribution in [0.15, 0.2) is 6.07 Å². The van der Waals surface area contributed by atoms with Gasteiger partial charge in [0.1, 0.15) is 11.6 Å². The van der Waals surface area contributed by atoms with Gasteiger partial charge in [0.25, 0.3) is 0 Å². The van der Waals surface area contributed by atoms with E-state index in [1.807, 2.05) is 6.92 Å². The molecule has 1 atom stereocenters. The lowest BCUT2D eigenvalue weighted by Gasteiger charge is -2.24. The number of nitrogens with one attached hydrogen (secondary N) is 1. The summed E-state index contributed by atoms with van der Waals surface area (Å²) in [6.45, 7) is 5.26. The van der Waals surface area contributed by atoms with Crippen molar-refractivity contribution in [1.29, 1.82) is 0 Å². The Balaban J connectivity index is 1.73. The number of rotatable bonds is 3. The number of anilines is 1. The topological polar surface area (TPSA) is 56.3 Å². The quantitative estimate of drug-likeness (QED) is 0.902. The van der Waals surface area contributed by atoms with Gasteiger partial charge < -0.3 is 14.8 Å². The van der Waals surface area contributed by atoms with Crippen molar-refractivity contribution < 1.29 is 9.47 Å². The first-order valence-corrected chi connectivity index (χ1v) is 7.09. The summed E-state index contributed by atoms with van der Waals surface area (Å²) in [4.78, 5) is 9.05. The van der Waals surface area contributed by atoms with E-state index in [2.05, 4.69) is 21.4 Å². The first kappa shape index (κ1) is 12.8. The van der Waals surface area contributed by atoms with Crippen molar-refractivity contribution in [2.75, 3.05) is 31.7 Å². The van der Waals surface area contributed by atoms with Crippen molar-refractivity contribution in [2.45, 2.75) is 38.1 Å². The lowest BCUT2D eigenvalue weighted by molar-refractivity contribution is 0.0904. The normalized spacial score (nSPS) is 24.6. The predicted molar refractivity (Wildman–Crippen MR) is 72.4 cm³/mol. The molecule has 1 aromatic rings. The highest BCUT2D eigenvalue weighted by molar-refractivity contribution is 5.38. The van der Waals surface area contributed by atoms with Crippen molar-refractivity contribution in [1.82, 2.24) is 9.97 Å². The van der Waals surface area contributed by atoms with Gasteiger partial charge in [-0.3, -0.25) is 0 Å². The van der Waals surface area contributed by atoms with Crippen molar-refractivity contribution in [2.24, 2.45) is 0 Å². The van der Waals surface area contributed by atoms with Gasteiger partial charge >= 0.3 is 0 Å². The molecule has 1 N–H and O–H groups in total. The molecule has 0 saturated carbocycles. The van der Waals surface area contributed by atoms with Crippen LogP contribution in [0, 0.1) is 6.92 Å². The van der Waals surface area contributed by atoms with Crippen molar-refractivity contribution in [3.8, 4) is 0 Å². The maximum absolute atomic E-state index is 5.44. The first-order chi connectivity index (χ1) is 9.31. The van der Waals surface area contributed by atoms with Gasteiger partial charge in [-0.1, -0.05) is 0 Å². The Labute approximate surface area is 113 Å². The predicted octanol–water partition coefficient (Wildman–Crippen LogP) is 1.88. The minimum Gasteiger partial charge on any atom is -0.381 e. The van der Waals surface area contributed by atoms with E-state index >= 15 is 0 Å². The molecule has 104 valence electrons. The zero-order valence-corrected chi connectivity index (χ0v) is 11.4. The molecule has 2 saturated heterocycles. The number of hydrogen-bond donors (Lipinski definition) is 1. The highest BCUT2D eigenvalue weighted by Gasteiger charge is 2.21. The molecule has 3 rings (SSSR count). The van der Waals surface area contributed by atoms with Crippen LogP contribution in [0.1, 0.15) is 36.7 Å². The summed E-state index contributed by atoms with van der Waals surface area (Å²) in [5.74, 6) is 2.21. The second kappa shape index (κ2) is 5.84. The lowest BCUT2D eigenvalue weighted by Crippen LogP contribution is -2.28. The van der Waals surface area contributed by atoms with Gasteiger partial charge in [0.05, 0.1) is 12.3 Å². The Morgan fingerprint density at radius 2 is 1.89 bits per heavy atom. The number of aryl methyl sites for hydroxylation is 1. The highest BCUT2D eigenvalue weighted by Crippen LogP contribution is 2.25. The Hall–Kier alpha value is -1.20. The molecule has 2 aliphatic heterocycles. The van der Waals surface area contributed by atoms with E-state index in [4.69, 9.17) is 9.47 Å². The summed E-state index contributed by atoms with van der Waals surface area (Å²) >= 11 is 0. The molecule has 2 aliphatic rings. The number of hydrogen-bond acceptors (Lipinski definition) is 5. The van der Waals surface area contributed by atoms with Crippen molar-refractivity contribution in [3.05, 3.63) is 17.6 Å². The van der Waals surface area contributed by atoms with Crippen molar-refractivity contribution >= 4 is 5.82 Å². The van der Waals surface area contributed by atoms with Crippen LogP contribution in [-0.4, -0.2) is 42.4 Å². The van der Waals surface area contributed by atoms with Crippen LogP contribution in [0.3, 0.4) is 0 Å². The molecule has 3 heterocycles. The number of ether oxygens (including phenoxy) is 2. The van der Waals surface area contributed by atoms with E-state index < -0.39 is 0 Å². The van der Waals surface area contributed by atoms with E-state index in [-0.39, 0.29) is 0 Å². The molecule has 0 aromatic carbocycles. The summed E-state index contributed by atoms with van der Waals surface area (Å²) in [7, 11) is 0. The van der Waals surface area contributed by atoms with Gasteiger partial charge in [0.15, 0.2) is 0 Å². The fraction of sp³-hybridized carbons (Fsp3) is 0.714. The van der Waals surface area contributed by atoms with E-state index in [0.717, 1.165) is 63.0 Å². The summed E-state index contributed by atoms with van der Waals surface area (Å²) in [6, 6.07) is 2.55. The molecular formula is C14H21N3O2. The SMILES string of the molecule is Cc1nc(NC2CCOCC2)cc(C2CCOC2)n1. The van der Waals surface area contributed by atoms with E-state index in [0.29, 0.717) is 12.0 Å². The smallest absolute Gasteiger partial charge is 0.130 e. The molecule has 0 spiro atoms. The van der Waals surface area contributed by atoms with Crippen LogP contribution in [0.5, 0.6) is 0 Å². The standard InChI is InChI=1S/C14H21N3O2/c1-10-15-13(11-2-5-19-9-11)8-14(16-10)17-12-3-6-18-7-4-12/h8,11-12H,2-7,9H2,1H3,(H,15,16,17). The summed E-state index contributed by atoms with van der Waals surface area (Å²) < 4.78 is 10.8. The van der Waals surface area contributed by atoms with Gasteiger partial charge in [-0.15, -0.1) is 0 Å². The highest BCUT2D eigenvalue weighted by atomic mass is 16.5. The average Bonchev–Trinajstić information content (AvgIpc) is 2.93. The molecule has 0 amide bonds. The van der Waals surface area contributed by atoms with Gasteiger partial charge in [0, 0.05) is 37.8 Å². The zero-order valence-electron chi connectivity index (χ0n) is 11.4. The lowest BCUT2D eigenvalue weighted by atomic mass is 10.0. The third-order valence-electron chi connectivity index (χ3n) is 3.78. The average molecular weight is 263 g/mol. The van der Waals surface area contributed by atoms with Crippen LogP contribution < -0.4 is 5.32 Å². The maximum Gasteiger partial charge on any atom is 0.130 e. The molecule has 0 aliphatic carbocycles. The van der Waals surface area contributed by atoms with Gasteiger partial charge in [0.2, 0.25) is 0 Å². The molecule has 2 fully saturated rings. The fourth-order valence-corrected chi connectivity index (χ4v) is 2.69. The Bertz CT molecular complexity index is 427. The molecule has 1 aromatic heterocycles. The van der Waals surface area contributed by atoms with Crippen LogP contribution >= 0.6 is 0 Å². The minimum atomic E-state index is 0.428. The van der Waals surface area contributed by atoms with Gasteiger partial charge in [-0.05, 0) is 26.2 Å². The van der Waals surface area contributed by atoms with E-state index in [9.17, 15) is 0 Å². The Kier molecular flexibility index (Phi) is 3.94. The minimum absolute atomic E-state index is 0.428. The van der Waals surface area contributed by atoms with Crippen LogP contribution in [0.25, 0.3) is 0 Å². The van der Waals surface area contributed by atoms with Gasteiger partial charge in [-0.2, -0.15) is 0 Å². The molecule has 0 radical (unpaired) electrons. The maximum atomic E-state index is 5.44. The monoisotopic (exact) mass is 263 g/mol. The Morgan fingerprint density at radius 3 is 2.63 bits per heavy atom. The molecule has 5 heteroatoms. The van der Waals surface area contributed by atoms with Gasteiger partial charge in [-0.25, -0.2) is 9.97 Å². The molecule has 19 heavy (non-hydrogen) atoms. The first-order valence-electron chi connectivity index (χ1n) is 7.09. The molecule has 1 unspecified atom stereocenters. The summed E-state index contributed by atoms with van der Waals surface area (Å²) in [6.07, 6.45) is 3.16. The number of aromatic nitrogens is 2. The van der Waals surface area contributed by atoms with Crippen molar-refractivity contribution in [3.63, 3.8) is 0 Å². The zero-order chi connectivity index (χ0) is 13.1. The molecule has 0 bridgehead atoms. The summed E-state index contributed by atoms with van der Waals surface area (Å²) in [5.41, 5.74) is 1.11. The number of nitrogens with zero attached hydrogens (tertiary/aromatic N) is 2. The largest absolute Gasteiger partial charge is 0.381 e.